The molecule has 0 saturated carbocycles. The maximum absolute atomic E-state index is 11.2. The number of benzene rings is 1. The van der Waals surface area contributed by atoms with Crippen LogP contribution in [0.4, 0.5) is 0 Å². The minimum Gasteiger partial charge on any atom is -0.508 e. The quantitative estimate of drug-likeness (QED) is 0.752. The Labute approximate surface area is 174 Å². The predicted molar refractivity (Wildman–Crippen MR) is 116 cm³/mol. The third-order valence-corrected chi connectivity index (χ3v) is 4.80. The Bertz CT molecular complexity index is 1140. The molecule has 0 radical (unpaired) electrons. The van der Waals surface area contributed by atoms with E-state index in [1.165, 1.54) is 12.1 Å². The zero-order chi connectivity index (χ0) is 20.9. The van der Waals surface area contributed by atoms with Gasteiger partial charge in [-0.2, -0.15) is 0 Å². The van der Waals surface area contributed by atoms with Gasteiger partial charge in [0.1, 0.15) is 5.76 Å². The highest BCUT2D eigenvalue weighted by Crippen LogP contribution is 2.26. The van der Waals surface area contributed by atoms with Gasteiger partial charge in [0.2, 0.25) is 0 Å². The van der Waals surface area contributed by atoms with E-state index in [0.29, 0.717) is 29.3 Å². The number of hydrogen-bond donors (Lipinski definition) is 2. The summed E-state index contributed by atoms with van der Waals surface area (Å²) in [6.45, 7) is 0. The molecule has 1 aromatic carbocycles. The molecule has 30 heavy (non-hydrogen) atoms. The van der Waals surface area contributed by atoms with Gasteiger partial charge in [-0.25, -0.2) is 14.5 Å². The van der Waals surface area contributed by atoms with Gasteiger partial charge < -0.3 is 10.2 Å². The maximum atomic E-state index is 11.2. The molecule has 4 rings (SSSR count). The van der Waals surface area contributed by atoms with E-state index in [1.54, 1.807) is 29.0 Å². The standard InChI is InChI=1S/C24H21N3O3/c28-21-12-8-4-7-11-20(21)22-25-23(17-9-5-2-1-3-6-10-17)27(26-22)19-15-13-18(14-16-19)24(29)30/h2,4-7,9-16,28H,1,3,8H2,(H,29,30)/b5-2-,10-6?,17-9?. The Morgan fingerprint density at radius 3 is 2.57 bits per heavy atom. The molecule has 0 unspecified atom stereocenters. The molecule has 6 heteroatoms. The first-order valence-electron chi connectivity index (χ1n) is 9.75. The third kappa shape index (κ3) is 4.07. The Morgan fingerprint density at radius 1 is 1.00 bits per heavy atom. The summed E-state index contributed by atoms with van der Waals surface area (Å²) in [6.07, 6.45) is 20.0. The Morgan fingerprint density at radius 2 is 1.77 bits per heavy atom. The molecule has 2 aromatic rings. The predicted octanol–water partition coefficient (Wildman–Crippen LogP) is 5.04. The summed E-state index contributed by atoms with van der Waals surface area (Å²) in [5, 5.41) is 24.3. The number of rotatable bonds is 4. The molecule has 0 spiro atoms. The number of aliphatic hydroxyl groups excluding tert-OH is 1. The van der Waals surface area contributed by atoms with Crippen LogP contribution >= 0.6 is 0 Å². The van der Waals surface area contributed by atoms with Crippen LogP contribution in [0.15, 0.2) is 84.7 Å². The van der Waals surface area contributed by atoms with Crippen molar-refractivity contribution in [1.82, 2.24) is 14.8 Å². The lowest BCUT2D eigenvalue weighted by Gasteiger charge is -2.07. The van der Waals surface area contributed by atoms with Gasteiger partial charge in [0.25, 0.3) is 0 Å². The van der Waals surface area contributed by atoms with Crippen LogP contribution in [0.5, 0.6) is 0 Å². The fourth-order valence-corrected chi connectivity index (χ4v) is 3.22. The number of nitrogens with zero attached hydrogens (tertiary/aromatic N) is 3. The fraction of sp³-hybridized carbons (Fsp3) is 0.125. The molecule has 0 amide bonds. The van der Waals surface area contributed by atoms with Crippen LogP contribution in [-0.2, 0) is 0 Å². The lowest BCUT2D eigenvalue weighted by atomic mass is 10.1. The van der Waals surface area contributed by atoms with Gasteiger partial charge in [-0.05, 0) is 55.7 Å². The van der Waals surface area contributed by atoms with Crippen molar-refractivity contribution in [2.24, 2.45) is 0 Å². The smallest absolute Gasteiger partial charge is 0.335 e. The van der Waals surface area contributed by atoms with Crippen molar-refractivity contribution in [3.8, 4) is 5.69 Å². The van der Waals surface area contributed by atoms with Crippen LogP contribution in [0.25, 0.3) is 16.8 Å². The second-order valence-electron chi connectivity index (χ2n) is 6.89. The molecular weight excluding hydrogens is 378 g/mol. The van der Waals surface area contributed by atoms with Gasteiger partial charge in [-0.3, -0.25) is 0 Å². The fourth-order valence-electron chi connectivity index (χ4n) is 3.22. The van der Waals surface area contributed by atoms with E-state index in [2.05, 4.69) is 17.3 Å². The van der Waals surface area contributed by atoms with Gasteiger partial charge in [0.05, 0.1) is 16.8 Å². The number of allylic oxidation sites excluding steroid dienone is 11. The summed E-state index contributed by atoms with van der Waals surface area (Å²) in [5.74, 6) is 0.153. The molecule has 2 aliphatic rings. The minimum atomic E-state index is -0.984. The molecule has 0 aliphatic heterocycles. The van der Waals surface area contributed by atoms with Gasteiger partial charge >= 0.3 is 5.97 Å². The molecule has 6 nitrogen and oxygen atoms in total. The largest absolute Gasteiger partial charge is 0.508 e. The van der Waals surface area contributed by atoms with Crippen molar-refractivity contribution in [3.05, 3.63) is 102 Å². The van der Waals surface area contributed by atoms with Gasteiger partial charge in [0, 0.05) is 5.57 Å². The number of hydrogen-bond acceptors (Lipinski definition) is 4. The zero-order valence-electron chi connectivity index (χ0n) is 16.3. The van der Waals surface area contributed by atoms with E-state index < -0.39 is 5.97 Å². The summed E-state index contributed by atoms with van der Waals surface area (Å²) in [7, 11) is 0. The van der Waals surface area contributed by atoms with Crippen molar-refractivity contribution in [1.29, 1.82) is 0 Å². The van der Waals surface area contributed by atoms with Crippen molar-refractivity contribution >= 4 is 17.1 Å². The van der Waals surface area contributed by atoms with Crippen LogP contribution < -0.4 is 0 Å². The Kier molecular flexibility index (Phi) is 5.57. The van der Waals surface area contributed by atoms with E-state index >= 15 is 0 Å². The van der Waals surface area contributed by atoms with Crippen molar-refractivity contribution in [3.63, 3.8) is 0 Å². The highest BCUT2D eigenvalue weighted by Gasteiger charge is 2.19. The molecule has 1 heterocycles. The summed E-state index contributed by atoms with van der Waals surface area (Å²) in [4.78, 5) is 15.9. The van der Waals surface area contributed by atoms with Gasteiger partial charge in [0.15, 0.2) is 11.6 Å². The van der Waals surface area contributed by atoms with E-state index in [-0.39, 0.29) is 11.3 Å². The minimum absolute atomic E-state index is 0.131. The molecular formula is C24H21N3O3. The summed E-state index contributed by atoms with van der Waals surface area (Å²) >= 11 is 0. The van der Waals surface area contributed by atoms with Crippen LogP contribution in [0.2, 0.25) is 0 Å². The molecule has 2 N–H and O–H groups in total. The number of aliphatic hydroxyl groups is 1. The Balaban J connectivity index is 1.86. The lowest BCUT2D eigenvalue weighted by molar-refractivity contribution is 0.0697. The first-order valence-corrected chi connectivity index (χ1v) is 9.75. The van der Waals surface area contributed by atoms with Crippen LogP contribution in [0.3, 0.4) is 0 Å². The van der Waals surface area contributed by atoms with Crippen molar-refractivity contribution < 1.29 is 15.0 Å². The first kappa shape index (κ1) is 19.4. The molecule has 0 bridgehead atoms. The summed E-state index contributed by atoms with van der Waals surface area (Å²) in [6, 6.07) is 6.48. The van der Waals surface area contributed by atoms with Crippen molar-refractivity contribution in [2.75, 3.05) is 0 Å². The average Bonchev–Trinajstić information content (AvgIpc) is 3.03. The second kappa shape index (κ2) is 8.61. The highest BCUT2D eigenvalue weighted by molar-refractivity contribution is 5.87. The molecule has 0 fully saturated rings. The number of aromatic carboxylic acids is 1. The summed E-state index contributed by atoms with van der Waals surface area (Å²) < 4.78 is 1.68. The molecule has 150 valence electrons. The Hall–Kier alpha value is -3.93. The second-order valence-corrected chi connectivity index (χ2v) is 6.89. The van der Waals surface area contributed by atoms with Crippen molar-refractivity contribution in [2.45, 2.75) is 19.3 Å². The van der Waals surface area contributed by atoms with Crippen LogP contribution in [-0.4, -0.2) is 30.9 Å². The van der Waals surface area contributed by atoms with E-state index in [9.17, 15) is 15.0 Å². The maximum Gasteiger partial charge on any atom is 0.335 e. The summed E-state index contributed by atoms with van der Waals surface area (Å²) in [5.41, 5.74) is 2.30. The monoisotopic (exact) mass is 399 g/mol. The molecule has 1 aromatic heterocycles. The zero-order valence-corrected chi connectivity index (χ0v) is 16.3. The van der Waals surface area contributed by atoms with E-state index in [0.717, 1.165) is 18.4 Å². The highest BCUT2D eigenvalue weighted by atomic mass is 16.4. The number of carboxylic acids is 1. The lowest BCUT2D eigenvalue weighted by Crippen LogP contribution is -2.04. The topological polar surface area (TPSA) is 88.2 Å². The third-order valence-electron chi connectivity index (χ3n) is 4.80. The number of carbonyl (C=O) groups is 1. The average molecular weight is 399 g/mol. The molecule has 0 saturated heterocycles. The number of aromatic nitrogens is 3. The normalized spacial score (nSPS) is 17.3. The first-order chi connectivity index (χ1) is 14.6. The molecule has 2 aliphatic carbocycles. The van der Waals surface area contributed by atoms with Crippen LogP contribution in [0.1, 0.15) is 41.3 Å². The SMILES string of the molecule is O=C(O)c1ccc(-n2nc(C3=CC=CCC=C3O)nc2C2=C/C=C\CCC=C2)cc1. The van der Waals surface area contributed by atoms with Gasteiger partial charge in [-0.15, -0.1) is 5.10 Å². The number of carboxylic acid groups (broad SMARTS) is 1. The molecule has 0 atom stereocenters. The van der Waals surface area contributed by atoms with E-state index in [4.69, 9.17) is 4.98 Å². The van der Waals surface area contributed by atoms with Crippen LogP contribution in [0, 0.1) is 0 Å². The van der Waals surface area contributed by atoms with E-state index in [1.807, 2.05) is 30.4 Å². The van der Waals surface area contributed by atoms with Gasteiger partial charge in [-0.1, -0.05) is 42.5 Å².